The molecule has 0 saturated heterocycles. The fourth-order valence-corrected chi connectivity index (χ4v) is 3.02. The number of aromatic nitrogens is 1. The van der Waals surface area contributed by atoms with E-state index < -0.39 is 0 Å². The molecule has 1 heterocycles. The number of hydrogen-bond acceptors (Lipinski definition) is 3. The van der Waals surface area contributed by atoms with Crippen LogP contribution in [-0.4, -0.2) is 24.0 Å². The number of anilines is 1. The molecule has 4 nitrogen and oxygen atoms in total. The average Bonchev–Trinajstić information content (AvgIpc) is 2.70. The molecule has 0 spiro atoms. The fourth-order valence-electron chi connectivity index (χ4n) is 2.80. The zero-order chi connectivity index (χ0) is 19.1. The Morgan fingerprint density at radius 2 is 1.85 bits per heavy atom. The number of para-hydroxylation sites is 1. The van der Waals surface area contributed by atoms with E-state index in [0.717, 1.165) is 11.4 Å². The van der Waals surface area contributed by atoms with Gasteiger partial charge >= 0.3 is 0 Å². The number of benzene rings is 2. The maximum absolute atomic E-state index is 13.0. The van der Waals surface area contributed by atoms with Crippen molar-refractivity contribution in [1.82, 2.24) is 4.98 Å². The molecule has 3 rings (SSSR count). The Morgan fingerprint density at radius 1 is 1.07 bits per heavy atom. The largest absolute Gasteiger partial charge is 0.493 e. The van der Waals surface area contributed by atoms with Crippen molar-refractivity contribution in [2.75, 3.05) is 18.1 Å². The Balaban J connectivity index is 1.73. The first-order chi connectivity index (χ1) is 13.2. The van der Waals surface area contributed by atoms with Crippen molar-refractivity contribution >= 4 is 23.2 Å². The third-order valence-corrected chi connectivity index (χ3v) is 4.32. The van der Waals surface area contributed by atoms with E-state index in [1.807, 2.05) is 55.5 Å². The number of pyridine rings is 1. The lowest BCUT2D eigenvalue weighted by Gasteiger charge is -2.21. The normalized spacial score (nSPS) is 10.4. The van der Waals surface area contributed by atoms with Gasteiger partial charge in [0.25, 0.3) is 5.91 Å². The zero-order valence-electron chi connectivity index (χ0n) is 15.1. The highest BCUT2D eigenvalue weighted by Gasteiger charge is 2.17. The summed E-state index contributed by atoms with van der Waals surface area (Å²) < 4.78 is 5.81. The molecule has 0 atom stereocenters. The van der Waals surface area contributed by atoms with Crippen LogP contribution in [0.25, 0.3) is 0 Å². The van der Waals surface area contributed by atoms with Crippen LogP contribution >= 0.6 is 11.6 Å². The lowest BCUT2D eigenvalue weighted by atomic mass is 10.1. The van der Waals surface area contributed by atoms with Gasteiger partial charge < -0.3 is 9.64 Å². The van der Waals surface area contributed by atoms with Gasteiger partial charge in [-0.15, -0.1) is 0 Å². The van der Waals surface area contributed by atoms with Crippen molar-refractivity contribution in [1.29, 1.82) is 0 Å². The SMILES string of the molecule is CCN(C(=O)c1cc(Cl)cc(OCCc2ccccn2)c1)c1ccccc1. The highest BCUT2D eigenvalue weighted by Crippen LogP contribution is 2.24. The molecule has 3 aromatic rings. The molecule has 5 heteroatoms. The molecule has 1 amide bonds. The molecule has 0 aliphatic rings. The summed E-state index contributed by atoms with van der Waals surface area (Å²) in [6.07, 6.45) is 2.44. The second kappa shape index (κ2) is 9.19. The number of nitrogens with zero attached hydrogens (tertiary/aromatic N) is 2. The third-order valence-electron chi connectivity index (χ3n) is 4.10. The van der Waals surface area contributed by atoms with Crippen LogP contribution in [0.4, 0.5) is 5.69 Å². The Morgan fingerprint density at radius 3 is 2.56 bits per heavy atom. The third kappa shape index (κ3) is 5.08. The maximum Gasteiger partial charge on any atom is 0.258 e. The number of halogens is 1. The van der Waals surface area contributed by atoms with Crippen LogP contribution in [0.3, 0.4) is 0 Å². The topological polar surface area (TPSA) is 42.4 Å². The molecule has 0 aliphatic carbocycles. The van der Waals surface area contributed by atoms with Crippen molar-refractivity contribution in [3.8, 4) is 5.75 Å². The molecule has 0 saturated carbocycles. The van der Waals surface area contributed by atoms with Crippen LogP contribution in [0, 0.1) is 0 Å². The molecule has 27 heavy (non-hydrogen) atoms. The van der Waals surface area contributed by atoms with Gasteiger partial charge in [-0.3, -0.25) is 9.78 Å². The van der Waals surface area contributed by atoms with Crippen molar-refractivity contribution < 1.29 is 9.53 Å². The van der Waals surface area contributed by atoms with Gasteiger partial charge in [0.2, 0.25) is 0 Å². The summed E-state index contributed by atoms with van der Waals surface area (Å²) in [6, 6.07) is 20.5. The number of carbonyl (C=O) groups is 1. The summed E-state index contributed by atoms with van der Waals surface area (Å²) in [7, 11) is 0. The van der Waals surface area contributed by atoms with Gasteiger partial charge in [-0.1, -0.05) is 35.9 Å². The Hall–Kier alpha value is -2.85. The molecule has 0 N–H and O–H groups in total. The van der Waals surface area contributed by atoms with Crippen LogP contribution in [0.2, 0.25) is 5.02 Å². The van der Waals surface area contributed by atoms with Gasteiger partial charge in [0.05, 0.1) is 6.61 Å². The first-order valence-corrected chi connectivity index (χ1v) is 9.25. The van der Waals surface area contributed by atoms with E-state index in [2.05, 4.69) is 4.98 Å². The van der Waals surface area contributed by atoms with Gasteiger partial charge in [0.1, 0.15) is 5.75 Å². The van der Waals surface area contributed by atoms with E-state index in [1.54, 1.807) is 29.3 Å². The van der Waals surface area contributed by atoms with E-state index in [1.165, 1.54) is 0 Å². The molecule has 2 aromatic carbocycles. The van der Waals surface area contributed by atoms with Crippen LogP contribution < -0.4 is 9.64 Å². The summed E-state index contributed by atoms with van der Waals surface area (Å²) >= 11 is 6.22. The molecule has 138 valence electrons. The summed E-state index contributed by atoms with van der Waals surface area (Å²) in [5.74, 6) is 0.465. The van der Waals surface area contributed by atoms with Crippen LogP contribution in [-0.2, 0) is 6.42 Å². The molecular formula is C22H21ClN2O2. The smallest absolute Gasteiger partial charge is 0.258 e. The summed E-state index contributed by atoms with van der Waals surface area (Å²) in [5, 5.41) is 0.470. The molecule has 0 bridgehead atoms. The van der Waals surface area contributed by atoms with Crippen LogP contribution in [0.5, 0.6) is 5.75 Å². The highest BCUT2D eigenvalue weighted by atomic mass is 35.5. The van der Waals surface area contributed by atoms with E-state index in [4.69, 9.17) is 16.3 Å². The minimum absolute atomic E-state index is 0.110. The minimum atomic E-state index is -0.110. The first-order valence-electron chi connectivity index (χ1n) is 8.87. The fraction of sp³-hybridized carbons (Fsp3) is 0.182. The molecule has 0 aliphatic heterocycles. The Bertz CT molecular complexity index is 885. The first kappa shape index (κ1) is 18.9. The van der Waals surface area contributed by atoms with Gasteiger partial charge in [-0.25, -0.2) is 0 Å². The zero-order valence-corrected chi connectivity index (χ0v) is 15.9. The summed E-state index contributed by atoms with van der Waals surface area (Å²) in [6.45, 7) is 2.96. The van der Waals surface area contributed by atoms with Crippen molar-refractivity contribution in [3.05, 3.63) is 89.2 Å². The number of rotatable bonds is 7. The van der Waals surface area contributed by atoms with Gasteiger partial charge in [-0.2, -0.15) is 0 Å². The predicted octanol–water partition coefficient (Wildman–Crippen LogP) is 5.02. The second-order valence-corrected chi connectivity index (χ2v) is 6.42. The van der Waals surface area contributed by atoms with E-state index >= 15 is 0 Å². The van der Waals surface area contributed by atoms with Crippen LogP contribution in [0.15, 0.2) is 72.9 Å². The van der Waals surface area contributed by atoms with Crippen molar-refractivity contribution in [3.63, 3.8) is 0 Å². The van der Waals surface area contributed by atoms with Crippen molar-refractivity contribution in [2.45, 2.75) is 13.3 Å². The van der Waals surface area contributed by atoms with E-state index in [0.29, 0.717) is 35.9 Å². The standard InChI is InChI=1S/C22H21ClN2O2/c1-2-25(20-9-4-3-5-10-20)22(26)17-14-18(23)16-21(15-17)27-13-11-19-8-6-7-12-24-19/h3-10,12,14-16H,2,11,13H2,1H3. The Kier molecular flexibility index (Phi) is 6.44. The predicted molar refractivity (Wildman–Crippen MR) is 109 cm³/mol. The van der Waals surface area contributed by atoms with E-state index in [-0.39, 0.29) is 5.91 Å². The number of hydrogen-bond donors (Lipinski definition) is 0. The lowest BCUT2D eigenvalue weighted by molar-refractivity contribution is 0.0988. The molecule has 0 fully saturated rings. The minimum Gasteiger partial charge on any atom is -0.493 e. The summed E-state index contributed by atoms with van der Waals surface area (Å²) in [4.78, 5) is 19.0. The quantitative estimate of drug-likeness (QED) is 0.577. The summed E-state index contributed by atoms with van der Waals surface area (Å²) in [5.41, 5.74) is 2.31. The van der Waals surface area contributed by atoms with Gasteiger partial charge in [-0.05, 0) is 49.4 Å². The lowest BCUT2D eigenvalue weighted by Crippen LogP contribution is -2.30. The molecule has 0 radical (unpaired) electrons. The maximum atomic E-state index is 13.0. The monoisotopic (exact) mass is 380 g/mol. The molecule has 1 aromatic heterocycles. The number of amides is 1. The van der Waals surface area contributed by atoms with Gasteiger partial charge in [0.15, 0.2) is 0 Å². The van der Waals surface area contributed by atoms with Crippen molar-refractivity contribution in [2.24, 2.45) is 0 Å². The van der Waals surface area contributed by atoms with Gasteiger partial charge in [0, 0.05) is 41.1 Å². The highest BCUT2D eigenvalue weighted by molar-refractivity contribution is 6.31. The Labute approximate surface area is 164 Å². The average molecular weight is 381 g/mol. The number of ether oxygens (including phenoxy) is 1. The number of carbonyl (C=O) groups excluding carboxylic acids is 1. The molecule has 0 unspecified atom stereocenters. The molecular weight excluding hydrogens is 360 g/mol. The van der Waals surface area contributed by atoms with Crippen LogP contribution in [0.1, 0.15) is 23.0 Å². The van der Waals surface area contributed by atoms with E-state index in [9.17, 15) is 4.79 Å². The second-order valence-electron chi connectivity index (χ2n) is 5.98.